The molecule has 3 aliphatic rings. The molecule has 3 aliphatic heterocycles. The van der Waals surface area contributed by atoms with Crippen LogP contribution in [0.2, 0.25) is 0 Å². The molecule has 1 amide bonds. The first-order valence-corrected chi connectivity index (χ1v) is 15.5. The second-order valence-electron chi connectivity index (χ2n) is 11.2. The average Bonchev–Trinajstić information content (AvgIpc) is 3.44. The number of halogens is 2. The van der Waals surface area contributed by atoms with Crippen molar-refractivity contribution < 1.29 is 18.3 Å². The van der Waals surface area contributed by atoms with Gasteiger partial charge in [0.15, 0.2) is 11.6 Å². The van der Waals surface area contributed by atoms with E-state index in [1.54, 1.807) is 18.0 Å². The number of fused-ring (bicyclic) bond motifs is 2. The van der Waals surface area contributed by atoms with Crippen LogP contribution in [0.5, 0.6) is 6.01 Å². The van der Waals surface area contributed by atoms with Gasteiger partial charge < -0.3 is 24.3 Å². The zero-order chi connectivity index (χ0) is 30.1. The van der Waals surface area contributed by atoms with Crippen molar-refractivity contribution in [1.82, 2.24) is 24.8 Å². The van der Waals surface area contributed by atoms with Crippen molar-refractivity contribution in [2.75, 3.05) is 57.0 Å². The number of aromatic nitrogens is 3. The van der Waals surface area contributed by atoms with E-state index in [4.69, 9.17) is 16.3 Å². The van der Waals surface area contributed by atoms with Gasteiger partial charge in [0, 0.05) is 42.3 Å². The smallest absolute Gasteiger partial charge is 0.319 e. The van der Waals surface area contributed by atoms with Crippen LogP contribution in [0.15, 0.2) is 41.7 Å². The van der Waals surface area contributed by atoms with Gasteiger partial charge in [0.05, 0.1) is 5.39 Å². The summed E-state index contributed by atoms with van der Waals surface area (Å²) in [4.78, 5) is 36.4. The largest absolute Gasteiger partial charge is 0.462 e. The quantitative estimate of drug-likeness (QED) is 0.282. The number of hydrogen-bond donors (Lipinski definition) is 0. The third-order valence-corrected chi connectivity index (χ3v) is 9.70. The van der Waals surface area contributed by atoms with Gasteiger partial charge >= 0.3 is 6.01 Å². The third-order valence-electron chi connectivity index (χ3n) is 8.51. The molecule has 2 saturated heterocycles. The lowest BCUT2D eigenvalue weighted by Crippen LogP contribution is -2.56. The maximum absolute atomic E-state index is 16.5. The van der Waals surface area contributed by atoms with Crippen LogP contribution in [0.4, 0.5) is 14.6 Å². The maximum atomic E-state index is 16.5. The molecule has 12 heteroatoms. The molecule has 43 heavy (non-hydrogen) atoms. The van der Waals surface area contributed by atoms with E-state index in [0.717, 1.165) is 54.0 Å². The summed E-state index contributed by atoms with van der Waals surface area (Å²) >= 11 is 1.77. The van der Waals surface area contributed by atoms with Crippen molar-refractivity contribution in [1.29, 1.82) is 0 Å². The standard InChI is InChI=1S/C31H33F2N7O2S/c1-19(32)30(41)40-13-12-39(17-21(40)15-34-2)29-24-16-35-27(23-8-4-10-25-22(23)9-6-14-43-25)26(33)28(24)36-31(37-29)42-18-20-7-5-11-38(20)3/h4,8,10,16,20-21H,1,5-7,9,11-15,17-18H2,3H3/t20-,21-/m0/s1. The Morgan fingerprint density at radius 2 is 2.09 bits per heavy atom. The highest BCUT2D eigenvalue weighted by molar-refractivity contribution is 7.99. The Morgan fingerprint density at radius 3 is 2.86 bits per heavy atom. The molecule has 2 aromatic heterocycles. The van der Waals surface area contributed by atoms with Crippen molar-refractivity contribution in [2.24, 2.45) is 0 Å². The van der Waals surface area contributed by atoms with Crippen LogP contribution in [-0.4, -0.2) is 94.9 Å². The van der Waals surface area contributed by atoms with Crippen LogP contribution >= 0.6 is 11.8 Å². The van der Waals surface area contributed by atoms with E-state index in [2.05, 4.69) is 39.4 Å². The number of anilines is 1. The van der Waals surface area contributed by atoms with E-state index in [1.165, 1.54) is 4.90 Å². The van der Waals surface area contributed by atoms with Crippen molar-refractivity contribution >= 4 is 34.4 Å². The molecule has 0 aliphatic carbocycles. The highest BCUT2D eigenvalue weighted by Gasteiger charge is 2.35. The summed E-state index contributed by atoms with van der Waals surface area (Å²) in [6.07, 6.45) is 5.53. The first-order valence-electron chi connectivity index (χ1n) is 14.5. The highest BCUT2D eigenvalue weighted by atomic mass is 32.2. The molecule has 0 spiro atoms. The number of carbonyl (C=O) groups excluding carboxylic acids is 1. The van der Waals surface area contributed by atoms with Crippen LogP contribution in [0.25, 0.3) is 27.0 Å². The number of amides is 1. The number of rotatable bonds is 7. The van der Waals surface area contributed by atoms with Gasteiger partial charge in [0.2, 0.25) is 6.54 Å². The third kappa shape index (κ3) is 5.76. The number of thioether (sulfide) groups is 1. The van der Waals surface area contributed by atoms with Crippen LogP contribution in [0.1, 0.15) is 24.8 Å². The molecule has 224 valence electrons. The second kappa shape index (κ2) is 12.4. The molecular weight excluding hydrogens is 572 g/mol. The number of ether oxygens (including phenoxy) is 1. The number of piperazine rings is 1. The van der Waals surface area contributed by atoms with E-state index in [9.17, 15) is 9.18 Å². The SMILES string of the molecule is [C-]#[N+]C[C@H]1CN(c2nc(OC[C@@H]3CCCN3C)nc3c(F)c(-c4cccc5c4CCCS5)ncc23)CCN1C(=O)C(=C)F. The first kappa shape index (κ1) is 29.3. The van der Waals surface area contributed by atoms with Crippen LogP contribution in [0, 0.1) is 12.4 Å². The molecule has 3 aromatic rings. The lowest BCUT2D eigenvalue weighted by molar-refractivity contribution is -0.131. The molecule has 0 radical (unpaired) electrons. The topological polar surface area (TPSA) is 79.1 Å². The molecule has 0 saturated carbocycles. The van der Waals surface area contributed by atoms with E-state index in [1.807, 2.05) is 17.0 Å². The fourth-order valence-electron chi connectivity index (χ4n) is 6.22. The Labute approximate surface area is 253 Å². The predicted octanol–water partition coefficient (Wildman–Crippen LogP) is 4.76. The molecular formula is C31H33F2N7O2S. The van der Waals surface area contributed by atoms with Gasteiger partial charge in [-0.3, -0.25) is 9.78 Å². The van der Waals surface area contributed by atoms with E-state index < -0.39 is 23.6 Å². The second-order valence-corrected chi connectivity index (χ2v) is 12.3. The Kier molecular flexibility index (Phi) is 8.45. The number of hydrogen-bond acceptors (Lipinski definition) is 8. The Hall–Kier alpha value is -3.82. The van der Waals surface area contributed by atoms with Crippen LogP contribution in [-0.2, 0) is 11.2 Å². The summed E-state index contributed by atoms with van der Waals surface area (Å²) < 4.78 is 36.4. The molecule has 2 fully saturated rings. The normalized spacial score (nSPS) is 20.6. The van der Waals surface area contributed by atoms with Crippen LogP contribution < -0.4 is 9.64 Å². The molecule has 0 N–H and O–H groups in total. The monoisotopic (exact) mass is 605 g/mol. The molecule has 6 rings (SSSR count). The van der Waals surface area contributed by atoms with Gasteiger partial charge in [0.25, 0.3) is 5.91 Å². The van der Waals surface area contributed by atoms with Crippen LogP contribution in [0.3, 0.4) is 0 Å². The number of benzene rings is 1. The summed E-state index contributed by atoms with van der Waals surface area (Å²) in [5.41, 5.74) is 2.19. The zero-order valence-corrected chi connectivity index (χ0v) is 24.9. The van der Waals surface area contributed by atoms with Gasteiger partial charge in [-0.25, -0.2) is 15.4 Å². The Morgan fingerprint density at radius 1 is 1.23 bits per heavy atom. The number of nitrogens with zero attached hydrogens (tertiary/aromatic N) is 7. The molecule has 1 aromatic carbocycles. The molecule has 0 bridgehead atoms. The number of pyridine rings is 1. The van der Waals surface area contributed by atoms with Crippen molar-refractivity contribution in [3.05, 3.63) is 59.6 Å². The van der Waals surface area contributed by atoms with Crippen molar-refractivity contribution in [2.45, 2.75) is 42.7 Å². The van der Waals surface area contributed by atoms with Gasteiger partial charge in [0.1, 0.15) is 29.7 Å². The summed E-state index contributed by atoms with van der Waals surface area (Å²) in [5, 5.41) is 0.405. The lowest BCUT2D eigenvalue weighted by Gasteiger charge is -2.39. The Bertz CT molecular complexity index is 1610. The van der Waals surface area contributed by atoms with E-state index in [-0.39, 0.29) is 49.4 Å². The van der Waals surface area contributed by atoms with Gasteiger partial charge in [-0.2, -0.15) is 9.97 Å². The lowest BCUT2D eigenvalue weighted by atomic mass is 9.99. The van der Waals surface area contributed by atoms with E-state index in [0.29, 0.717) is 17.8 Å². The maximum Gasteiger partial charge on any atom is 0.319 e. The Balaban J connectivity index is 1.42. The predicted molar refractivity (Wildman–Crippen MR) is 162 cm³/mol. The van der Waals surface area contributed by atoms with Crippen molar-refractivity contribution in [3.63, 3.8) is 0 Å². The van der Waals surface area contributed by atoms with Gasteiger partial charge in [-0.1, -0.05) is 18.7 Å². The summed E-state index contributed by atoms with van der Waals surface area (Å²) in [5.74, 6) is -1.00. The minimum absolute atomic E-state index is 0.0240. The molecule has 5 heterocycles. The number of likely N-dealkylation sites (N-methyl/N-ethyl adjacent to an activating group) is 1. The number of likely N-dealkylation sites (tertiary alicyclic amines) is 1. The molecule has 9 nitrogen and oxygen atoms in total. The van der Waals surface area contributed by atoms with Crippen molar-refractivity contribution in [3.8, 4) is 17.3 Å². The highest BCUT2D eigenvalue weighted by Crippen LogP contribution is 2.39. The summed E-state index contributed by atoms with van der Waals surface area (Å²) in [6.45, 7) is 12.5. The fourth-order valence-corrected chi connectivity index (χ4v) is 7.29. The molecule has 2 atom stereocenters. The van der Waals surface area contributed by atoms with E-state index >= 15 is 4.39 Å². The fraction of sp³-hybridized carbons (Fsp3) is 0.452. The van der Waals surface area contributed by atoms with Gasteiger partial charge in [-0.05, 0) is 56.7 Å². The average molecular weight is 606 g/mol. The minimum atomic E-state index is -1.07. The summed E-state index contributed by atoms with van der Waals surface area (Å²) in [6, 6.07) is 5.57. The first-order chi connectivity index (χ1) is 20.9. The minimum Gasteiger partial charge on any atom is -0.462 e. The zero-order valence-electron chi connectivity index (χ0n) is 24.1. The number of carbonyl (C=O) groups is 1. The van der Waals surface area contributed by atoms with Gasteiger partial charge in [-0.15, -0.1) is 11.8 Å². The summed E-state index contributed by atoms with van der Waals surface area (Å²) in [7, 11) is 2.05. The molecule has 0 unspecified atom stereocenters.